The number of halogens is 4. The quantitative estimate of drug-likeness (QED) is 0.719. The van der Waals surface area contributed by atoms with Gasteiger partial charge in [0.1, 0.15) is 6.54 Å². The second-order valence-electron chi connectivity index (χ2n) is 4.31. The molecule has 1 heterocycles. The highest BCUT2D eigenvalue weighted by Gasteiger charge is 2.53. The molecule has 20 heavy (non-hydrogen) atoms. The lowest BCUT2D eigenvalue weighted by atomic mass is 10.2. The number of amides is 1. The SMILES string of the molecule is O=C(O)CN(C(=O)C(F)(F)C(F)F)C1CCS(=O)(=O)C1. The van der Waals surface area contributed by atoms with Crippen LogP contribution in [0.1, 0.15) is 6.42 Å². The van der Waals surface area contributed by atoms with E-state index in [1.54, 1.807) is 0 Å². The van der Waals surface area contributed by atoms with Gasteiger partial charge in [0.15, 0.2) is 9.84 Å². The van der Waals surface area contributed by atoms with Crippen molar-refractivity contribution in [1.29, 1.82) is 0 Å². The number of carbonyl (C=O) groups is 2. The number of rotatable bonds is 5. The molecule has 11 heteroatoms. The second kappa shape index (κ2) is 5.54. The van der Waals surface area contributed by atoms with Crippen molar-refractivity contribution in [2.75, 3.05) is 18.1 Å². The summed E-state index contributed by atoms with van der Waals surface area (Å²) in [7, 11) is -3.59. The van der Waals surface area contributed by atoms with E-state index in [9.17, 15) is 35.6 Å². The lowest BCUT2D eigenvalue weighted by Gasteiger charge is -2.29. The molecule has 0 aliphatic carbocycles. The molecule has 0 aromatic heterocycles. The normalized spacial score (nSPS) is 21.9. The summed E-state index contributed by atoms with van der Waals surface area (Å²) in [4.78, 5) is 21.9. The van der Waals surface area contributed by atoms with Gasteiger partial charge in [-0.25, -0.2) is 17.2 Å². The Kier molecular flexibility index (Phi) is 4.62. The third-order valence-corrected chi connectivity index (χ3v) is 4.53. The maximum absolute atomic E-state index is 13.0. The van der Waals surface area contributed by atoms with E-state index in [4.69, 9.17) is 5.11 Å². The van der Waals surface area contributed by atoms with Crippen LogP contribution in [0.5, 0.6) is 0 Å². The second-order valence-corrected chi connectivity index (χ2v) is 6.54. The van der Waals surface area contributed by atoms with Crippen molar-refractivity contribution in [2.45, 2.75) is 24.8 Å². The number of sulfone groups is 1. The Bertz CT molecular complexity index is 506. The molecule has 1 N–H and O–H groups in total. The van der Waals surface area contributed by atoms with Crippen LogP contribution < -0.4 is 0 Å². The molecule has 1 fully saturated rings. The van der Waals surface area contributed by atoms with E-state index >= 15 is 0 Å². The van der Waals surface area contributed by atoms with Gasteiger partial charge in [0.2, 0.25) is 0 Å². The highest BCUT2D eigenvalue weighted by molar-refractivity contribution is 7.91. The molecule has 1 atom stereocenters. The molecule has 1 aliphatic rings. The van der Waals surface area contributed by atoms with Crippen LogP contribution in [0.3, 0.4) is 0 Å². The topological polar surface area (TPSA) is 91.8 Å². The van der Waals surface area contributed by atoms with Crippen molar-refractivity contribution in [3.8, 4) is 0 Å². The first-order valence-electron chi connectivity index (χ1n) is 5.36. The van der Waals surface area contributed by atoms with E-state index < -0.39 is 58.2 Å². The van der Waals surface area contributed by atoms with E-state index in [-0.39, 0.29) is 11.3 Å². The average Bonchev–Trinajstić information content (AvgIpc) is 2.65. The summed E-state index contributed by atoms with van der Waals surface area (Å²) in [5.41, 5.74) is 0. The molecule has 1 rings (SSSR count). The van der Waals surface area contributed by atoms with Crippen LogP contribution in [-0.2, 0) is 19.4 Å². The minimum Gasteiger partial charge on any atom is -0.480 e. The predicted molar refractivity (Wildman–Crippen MR) is 57.4 cm³/mol. The van der Waals surface area contributed by atoms with Crippen molar-refractivity contribution < 1.29 is 40.7 Å². The third-order valence-electron chi connectivity index (χ3n) is 2.77. The van der Waals surface area contributed by atoms with Gasteiger partial charge in [-0.05, 0) is 6.42 Å². The molecule has 1 amide bonds. The number of carboxylic acids is 1. The van der Waals surface area contributed by atoms with Gasteiger partial charge in [0.05, 0.1) is 11.5 Å². The van der Waals surface area contributed by atoms with Crippen LogP contribution in [-0.4, -0.2) is 66.7 Å². The van der Waals surface area contributed by atoms with Crippen molar-refractivity contribution in [1.82, 2.24) is 4.90 Å². The number of hydrogen-bond acceptors (Lipinski definition) is 4. The maximum Gasteiger partial charge on any atom is 0.383 e. The van der Waals surface area contributed by atoms with Crippen LogP contribution in [0, 0.1) is 0 Å². The van der Waals surface area contributed by atoms with E-state index in [0.717, 1.165) is 0 Å². The van der Waals surface area contributed by atoms with Gasteiger partial charge in [-0.15, -0.1) is 0 Å². The van der Waals surface area contributed by atoms with Crippen molar-refractivity contribution in [2.24, 2.45) is 0 Å². The Morgan fingerprint density at radius 2 is 1.90 bits per heavy atom. The summed E-state index contributed by atoms with van der Waals surface area (Å²) in [6, 6.07) is -1.34. The van der Waals surface area contributed by atoms with Crippen molar-refractivity contribution >= 4 is 21.7 Å². The van der Waals surface area contributed by atoms with Gasteiger partial charge in [-0.1, -0.05) is 0 Å². The number of hydrogen-bond donors (Lipinski definition) is 1. The van der Waals surface area contributed by atoms with Gasteiger partial charge in [0.25, 0.3) is 5.91 Å². The zero-order valence-corrected chi connectivity index (χ0v) is 10.7. The van der Waals surface area contributed by atoms with Crippen molar-refractivity contribution in [3.63, 3.8) is 0 Å². The van der Waals surface area contributed by atoms with E-state index in [2.05, 4.69) is 0 Å². The van der Waals surface area contributed by atoms with E-state index in [0.29, 0.717) is 0 Å². The maximum atomic E-state index is 13.0. The van der Waals surface area contributed by atoms with Crippen LogP contribution in [0.4, 0.5) is 17.6 Å². The minimum absolute atomic E-state index is 0.000949. The van der Waals surface area contributed by atoms with Gasteiger partial charge in [0, 0.05) is 6.04 Å². The van der Waals surface area contributed by atoms with Crippen LogP contribution in [0.15, 0.2) is 0 Å². The molecule has 0 aromatic carbocycles. The lowest BCUT2D eigenvalue weighted by molar-refractivity contribution is -0.184. The molecular weight excluding hydrogens is 310 g/mol. The minimum atomic E-state index is -5.05. The molecule has 0 bridgehead atoms. The summed E-state index contributed by atoms with van der Waals surface area (Å²) >= 11 is 0. The molecular formula is C9H11F4NO5S. The van der Waals surface area contributed by atoms with Gasteiger partial charge in [-0.2, -0.15) is 8.78 Å². The van der Waals surface area contributed by atoms with Gasteiger partial charge < -0.3 is 10.0 Å². The third kappa shape index (κ3) is 3.58. The molecule has 0 spiro atoms. The first kappa shape index (κ1) is 16.7. The predicted octanol–water partition coefficient (Wildman–Crippen LogP) is -0.0129. The van der Waals surface area contributed by atoms with Crippen LogP contribution >= 0.6 is 0 Å². The first-order valence-corrected chi connectivity index (χ1v) is 7.19. The Morgan fingerprint density at radius 1 is 1.35 bits per heavy atom. The highest BCUT2D eigenvalue weighted by Crippen LogP contribution is 2.28. The number of alkyl halides is 4. The van der Waals surface area contributed by atoms with Crippen LogP contribution in [0.25, 0.3) is 0 Å². The average molecular weight is 321 g/mol. The largest absolute Gasteiger partial charge is 0.480 e. The number of aliphatic carboxylic acids is 1. The molecule has 0 saturated carbocycles. The summed E-state index contributed by atoms with van der Waals surface area (Å²) < 4.78 is 72.7. The molecule has 6 nitrogen and oxygen atoms in total. The molecule has 1 aliphatic heterocycles. The fraction of sp³-hybridized carbons (Fsp3) is 0.778. The fourth-order valence-electron chi connectivity index (χ4n) is 1.82. The number of carboxylic acid groups (broad SMARTS) is 1. The van der Waals surface area contributed by atoms with Crippen LogP contribution in [0.2, 0.25) is 0 Å². The monoisotopic (exact) mass is 321 g/mol. The standard InChI is InChI=1S/C9H11F4NO5S/c10-7(11)9(12,13)8(17)14(3-6(15)16)5-1-2-20(18,19)4-5/h5,7H,1-4H2,(H,15,16). The van der Waals surface area contributed by atoms with E-state index in [1.807, 2.05) is 0 Å². The molecule has 1 saturated heterocycles. The zero-order chi connectivity index (χ0) is 15.7. The smallest absolute Gasteiger partial charge is 0.383 e. The van der Waals surface area contributed by atoms with Crippen molar-refractivity contribution in [3.05, 3.63) is 0 Å². The summed E-state index contributed by atoms with van der Waals surface area (Å²) in [6.07, 6.45) is -4.56. The molecule has 1 unspecified atom stereocenters. The Balaban J connectivity index is 3.02. The summed E-state index contributed by atoms with van der Waals surface area (Å²) in [6.45, 7) is -1.26. The number of carbonyl (C=O) groups excluding carboxylic acids is 1. The Morgan fingerprint density at radius 3 is 2.25 bits per heavy atom. The summed E-state index contributed by atoms with van der Waals surface area (Å²) in [5, 5.41) is 8.55. The summed E-state index contributed by atoms with van der Waals surface area (Å²) in [5.74, 6) is -10.3. The highest BCUT2D eigenvalue weighted by atomic mass is 32.2. The fourth-order valence-corrected chi connectivity index (χ4v) is 3.55. The van der Waals surface area contributed by atoms with Gasteiger partial charge in [-0.3, -0.25) is 9.59 Å². The first-order chi connectivity index (χ1) is 8.97. The number of nitrogens with zero attached hydrogens (tertiary/aromatic N) is 1. The zero-order valence-electron chi connectivity index (χ0n) is 9.93. The molecule has 0 radical (unpaired) electrons. The Hall–Kier alpha value is -1.39. The Labute approximate surface area is 111 Å². The van der Waals surface area contributed by atoms with E-state index in [1.165, 1.54) is 0 Å². The van der Waals surface area contributed by atoms with Gasteiger partial charge >= 0.3 is 18.3 Å². The lowest BCUT2D eigenvalue weighted by Crippen LogP contribution is -2.53. The molecule has 0 aromatic rings. The molecule has 116 valence electrons.